The van der Waals surface area contributed by atoms with E-state index in [4.69, 9.17) is 5.11 Å². The van der Waals surface area contributed by atoms with Crippen molar-refractivity contribution in [3.8, 4) is 0 Å². The van der Waals surface area contributed by atoms with E-state index in [1.165, 1.54) is 18.2 Å². The van der Waals surface area contributed by atoms with Crippen molar-refractivity contribution in [2.24, 2.45) is 0 Å². The molecular weight excluding hydrogens is 300 g/mol. The largest absolute Gasteiger partial charge is 0.478 e. The Hall–Kier alpha value is -2.16. The van der Waals surface area contributed by atoms with Crippen LogP contribution in [0.3, 0.4) is 0 Å². The van der Waals surface area contributed by atoms with Crippen LogP contribution in [0.4, 0.5) is 11.4 Å². The van der Waals surface area contributed by atoms with Crippen LogP contribution in [0.2, 0.25) is 0 Å². The van der Waals surface area contributed by atoms with Crippen LogP contribution >= 0.6 is 0 Å². The molecule has 9 heteroatoms. The number of aromatic carboxylic acids is 1. The second-order valence-electron chi connectivity index (χ2n) is 4.86. The van der Waals surface area contributed by atoms with E-state index in [0.717, 1.165) is 0 Å². The first-order chi connectivity index (χ1) is 9.80. The Labute approximate surface area is 120 Å². The summed E-state index contributed by atoms with van der Waals surface area (Å²) in [6.45, 7) is 0. The first-order valence-electron chi connectivity index (χ1n) is 6.28. The van der Waals surface area contributed by atoms with Gasteiger partial charge in [-0.1, -0.05) is 6.07 Å². The van der Waals surface area contributed by atoms with Crippen LogP contribution in [-0.4, -0.2) is 42.0 Å². The lowest BCUT2D eigenvalue weighted by atomic mass is 10.1. The zero-order chi connectivity index (χ0) is 15.6. The Bertz CT molecular complexity index is 653. The zero-order valence-corrected chi connectivity index (χ0v) is 11.8. The molecule has 0 spiro atoms. The number of carboxylic acid groups (broad SMARTS) is 1. The highest BCUT2D eigenvalue weighted by Crippen LogP contribution is 2.30. The Morgan fingerprint density at radius 1 is 1.43 bits per heavy atom. The minimum atomic E-state index is -3.20. The summed E-state index contributed by atoms with van der Waals surface area (Å²) in [4.78, 5) is 21.5. The third-order valence-electron chi connectivity index (χ3n) is 3.28. The van der Waals surface area contributed by atoms with E-state index in [1.54, 1.807) is 0 Å². The van der Waals surface area contributed by atoms with E-state index in [0.29, 0.717) is 12.8 Å². The summed E-state index contributed by atoms with van der Waals surface area (Å²) in [7, 11) is -3.20. The molecule has 21 heavy (non-hydrogen) atoms. The van der Waals surface area contributed by atoms with E-state index in [9.17, 15) is 23.3 Å². The zero-order valence-electron chi connectivity index (χ0n) is 11.0. The van der Waals surface area contributed by atoms with Gasteiger partial charge in [-0.3, -0.25) is 10.1 Å². The summed E-state index contributed by atoms with van der Waals surface area (Å²) in [5.41, 5.74) is -0.762. The maximum Gasteiger partial charge on any atom is 0.338 e. The van der Waals surface area contributed by atoms with Crippen LogP contribution in [-0.2, 0) is 9.84 Å². The summed E-state index contributed by atoms with van der Waals surface area (Å²) in [5.74, 6) is -1.37. The van der Waals surface area contributed by atoms with Gasteiger partial charge in [-0.25, -0.2) is 13.2 Å². The number of carboxylic acids is 1. The van der Waals surface area contributed by atoms with E-state index >= 15 is 0 Å². The quantitative estimate of drug-likeness (QED) is 0.633. The molecule has 2 N–H and O–H groups in total. The predicted molar refractivity (Wildman–Crippen MR) is 75.4 cm³/mol. The molecule has 1 saturated heterocycles. The number of para-hydroxylation sites is 1. The van der Waals surface area contributed by atoms with Crippen molar-refractivity contribution in [1.82, 2.24) is 0 Å². The standard InChI is InChI=1S/C12H14N2O6S/c15-12(16)9-4-1-5-10(14(17)18)11(9)13-8-3-2-6-21(19,20)7-8/h1,4-5,8,13H,2-3,6-7H2,(H,15,16). The van der Waals surface area contributed by atoms with Gasteiger partial charge in [-0.2, -0.15) is 0 Å². The Kier molecular flexibility index (Phi) is 4.12. The van der Waals surface area contributed by atoms with Crippen molar-refractivity contribution >= 4 is 27.2 Å². The number of hydrogen-bond acceptors (Lipinski definition) is 6. The van der Waals surface area contributed by atoms with Crippen LogP contribution in [0.1, 0.15) is 23.2 Å². The maximum absolute atomic E-state index is 11.6. The third-order valence-corrected chi connectivity index (χ3v) is 5.10. The lowest BCUT2D eigenvalue weighted by molar-refractivity contribution is -0.384. The minimum Gasteiger partial charge on any atom is -0.478 e. The summed E-state index contributed by atoms with van der Waals surface area (Å²) in [6.07, 6.45) is 0.966. The van der Waals surface area contributed by atoms with Gasteiger partial charge in [0.15, 0.2) is 9.84 Å². The molecule has 1 aromatic rings. The summed E-state index contributed by atoms with van der Waals surface area (Å²) in [6, 6.07) is 3.19. The van der Waals surface area contributed by atoms with Gasteiger partial charge in [0.05, 0.1) is 22.0 Å². The molecule has 1 atom stereocenters. The Morgan fingerprint density at radius 2 is 2.14 bits per heavy atom. The Balaban J connectivity index is 2.38. The number of benzene rings is 1. The molecule has 1 aliphatic heterocycles. The van der Waals surface area contributed by atoms with E-state index in [-0.39, 0.29) is 28.4 Å². The van der Waals surface area contributed by atoms with Gasteiger partial charge in [0, 0.05) is 12.1 Å². The van der Waals surface area contributed by atoms with E-state index < -0.39 is 26.8 Å². The number of hydrogen-bond donors (Lipinski definition) is 2. The maximum atomic E-state index is 11.6. The number of nitro benzene ring substituents is 1. The van der Waals surface area contributed by atoms with Crippen molar-refractivity contribution in [3.05, 3.63) is 33.9 Å². The molecule has 0 radical (unpaired) electrons. The fourth-order valence-electron chi connectivity index (χ4n) is 2.36. The molecule has 8 nitrogen and oxygen atoms in total. The predicted octanol–water partition coefficient (Wildman–Crippen LogP) is 1.28. The van der Waals surface area contributed by atoms with Crippen LogP contribution in [0.15, 0.2) is 18.2 Å². The van der Waals surface area contributed by atoms with Gasteiger partial charge in [-0.15, -0.1) is 0 Å². The van der Waals surface area contributed by atoms with Crippen molar-refractivity contribution in [1.29, 1.82) is 0 Å². The second-order valence-corrected chi connectivity index (χ2v) is 7.09. The minimum absolute atomic E-state index is 0.0911. The number of rotatable bonds is 4. The molecule has 0 bridgehead atoms. The number of nitrogens with zero attached hydrogens (tertiary/aromatic N) is 1. The number of carbonyl (C=O) groups is 1. The molecule has 0 aromatic heterocycles. The summed E-state index contributed by atoms with van der Waals surface area (Å²) >= 11 is 0. The topological polar surface area (TPSA) is 127 Å². The first kappa shape index (κ1) is 15.2. The van der Waals surface area contributed by atoms with Crippen molar-refractivity contribution in [3.63, 3.8) is 0 Å². The molecule has 1 heterocycles. The molecule has 1 aliphatic rings. The van der Waals surface area contributed by atoms with Crippen LogP contribution in [0.5, 0.6) is 0 Å². The van der Waals surface area contributed by atoms with E-state index in [1.807, 2.05) is 0 Å². The number of nitro groups is 1. The SMILES string of the molecule is O=C(O)c1cccc([N+](=O)[O-])c1NC1CCCS(=O)(=O)C1. The monoisotopic (exact) mass is 314 g/mol. The van der Waals surface area contributed by atoms with Crippen LogP contribution < -0.4 is 5.32 Å². The molecule has 2 rings (SSSR count). The number of nitrogens with one attached hydrogen (secondary N) is 1. The van der Waals surface area contributed by atoms with Crippen molar-refractivity contribution < 1.29 is 23.2 Å². The fraction of sp³-hybridized carbons (Fsp3) is 0.417. The molecule has 1 aromatic carbocycles. The van der Waals surface area contributed by atoms with Gasteiger partial charge < -0.3 is 10.4 Å². The molecule has 0 aliphatic carbocycles. The van der Waals surface area contributed by atoms with Crippen molar-refractivity contribution in [2.45, 2.75) is 18.9 Å². The third kappa shape index (κ3) is 3.48. The highest BCUT2D eigenvalue weighted by molar-refractivity contribution is 7.91. The lowest BCUT2D eigenvalue weighted by Crippen LogP contribution is -2.35. The fourth-order valence-corrected chi connectivity index (χ4v) is 4.00. The van der Waals surface area contributed by atoms with Crippen LogP contribution in [0, 0.1) is 10.1 Å². The first-order valence-corrected chi connectivity index (χ1v) is 8.10. The van der Waals surface area contributed by atoms with Gasteiger partial charge in [0.1, 0.15) is 5.69 Å². The lowest BCUT2D eigenvalue weighted by Gasteiger charge is -2.24. The number of anilines is 1. The molecule has 0 saturated carbocycles. The Morgan fingerprint density at radius 3 is 2.71 bits per heavy atom. The molecule has 0 amide bonds. The second kappa shape index (κ2) is 5.68. The average molecular weight is 314 g/mol. The van der Waals surface area contributed by atoms with Gasteiger partial charge >= 0.3 is 5.97 Å². The smallest absolute Gasteiger partial charge is 0.338 e. The van der Waals surface area contributed by atoms with Crippen LogP contribution in [0.25, 0.3) is 0 Å². The van der Waals surface area contributed by atoms with Gasteiger partial charge in [0.2, 0.25) is 0 Å². The van der Waals surface area contributed by atoms with E-state index in [2.05, 4.69) is 5.32 Å². The highest BCUT2D eigenvalue weighted by Gasteiger charge is 2.29. The molecule has 1 unspecified atom stereocenters. The molecular formula is C12H14N2O6S. The number of sulfone groups is 1. The summed E-state index contributed by atoms with van der Waals surface area (Å²) in [5, 5.41) is 22.9. The van der Waals surface area contributed by atoms with Gasteiger partial charge in [-0.05, 0) is 18.9 Å². The molecule has 1 fully saturated rings. The molecule has 114 valence electrons. The normalized spacial score (nSPS) is 20.7. The average Bonchev–Trinajstić information content (AvgIpc) is 2.37. The van der Waals surface area contributed by atoms with Crippen molar-refractivity contribution in [2.75, 3.05) is 16.8 Å². The summed E-state index contributed by atoms with van der Waals surface area (Å²) < 4.78 is 23.2. The highest BCUT2D eigenvalue weighted by atomic mass is 32.2. The van der Waals surface area contributed by atoms with Gasteiger partial charge in [0.25, 0.3) is 5.69 Å².